The van der Waals surface area contributed by atoms with Crippen LogP contribution in [0, 0.1) is 0 Å². The van der Waals surface area contributed by atoms with Crippen LogP contribution in [0.1, 0.15) is 0 Å². The lowest BCUT2D eigenvalue weighted by Crippen LogP contribution is -1.94. The third-order valence-corrected chi connectivity index (χ3v) is 9.82. The van der Waals surface area contributed by atoms with Gasteiger partial charge >= 0.3 is 0 Å². The standard InChI is InChI=1S/C46H28O/c1-3-13-29(14-4-1)33-26-25-31(39-28-32-17-11-23-41-44(32)46-38(39)22-12-24-42(46)47-41)27-40(33)45-36-20-9-7-18-34(36)43(30-15-5-2-6-16-30)35-19-8-10-21-37(35)45/h1-28H. The van der Waals surface area contributed by atoms with Crippen molar-refractivity contribution in [3.05, 3.63) is 170 Å². The fraction of sp³-hybridized carbons (Fsp3) is 0. The molecule has 0 amide bonds. The normalized spacial score (nSPS) is 11.8. The zero-order valence-corrected chi connectivity index (χ0v) is 25.6. The first-order chi connectivity index (χ1) is 23.3. The van der Waals surface area contributed by atoms with E-state index in [-0.39, 0.29) is 0 Å². The quantitative estimate of drug-likeness (QED) is 0.145. The number of benzene rings is 9. The molecule has 0 spiro atoms. The highest BCUT2D eigenvalue weighted by Crippen LogP contribution is 2.48. The summed E-state index contributed by atoms with van der Waals surface area (Å²) in [5.41, 5.74) is 11.7. The minimum Gasteiger partial charge on any atom is -0.456 e. The highest BCUT2D eigenvalue weighted by Gasteiger charge is 2.21. The van der Waals surface area contributed by atoms with Gasteiger partial charge in [-0.1, -0.05) is 146 Å². The molecule has 0 radical (unpaired) electrons. The van der Waals surface area contributed by atoms with Gasteiger partial charge in [0.25, 0.3) is 0 Å². The number of hydrogen-bond acceptors (Lipinski definition) is 1. The molecule has 0 aliphatic heterocycles. The van der Waals surface area contributed by atoms with Crippen molar-refractivity contribution in [3.8, 4) is 44.5 Å². The summed E-state index contributed by atoms with van der Waals surface area (Å²) >= 11 is 0. The first-order valence-corrected chi connectivity index (χ1v) is 16.2. The maximum atomic E-state index is 6.32. The Balaban J connectivity index is 1.34. The van der Waals surface area contributed by atoms with E-state index in [2.05, 4.69) is 170 Å². The number of fused-ring (bicyclic) bond motifs is 2. The predicted molar refractivity (Wildman–Crippen MR) is 199 cm³/mol. The number of furan rings is 1. The van der Waals surface area contributed by atoms with Crippen molar-refractivity contribution in [2.24, 2.45) is 0 Å². The Morgan fingerprint density at radius 1 is 0.298 bits per heavy atom. The van der Waals surface area contributed by atoms with Crippen LogP contribution in [0.2, 0.25) is 0 Å². The fourth-order valence-corrected chi connectivity index (χ4v) is 7.83. The Kier molecular flexibility index (Phi) is 5.64. The summed E-state index contributed by atoms with van der Waals surface area (Å²) in [4.78, 5) is 0. The molecule has 0 fully saturated rings. The highest BCUT2D eigenvalue weighted by atomic mass is 16.3. The molecule has 47 heavy (non-hydrogen) atoms. The third kappa shape index (κ3) is 3.90. The van der Waals surface area contributed by atoms with E-state index in [1.807, 2.05) is 0 Å². The molecule has 1 heteroatoms. The van der Waals surface area contributed by atoms with Crippen molar-refractivity contribution in [1.82, 2.24) is 0 Å². The maximum Gasteiger partial charge on any atom is 0.136 e. The van der Waals surface area contributed by atoms with E-state index in [0.717, 1.165) is 11.2 Å². The Hall–Kier alpha value is -6.18. The van der Waals surface area contributed by atoms with E-state index in [0.29, 0.717) is 0 Å². The van der Waals surface area contributed by atoms with Crippen LogP contribution in [0.15, 0.2) is 174 Å². The maximum absolute atomic E-state index is 6.32. The van der Waals surface area contributed by atoms with Crippen LogP contribution < -0.4 is 0 Å². The molecule has 1 nitrogen and oxygen atoms in total. The average molecular weight is 597 g/mol. The van der Waals surface area contributed by atoms with E-state index in [1.165, 1.54) is 87.6 Å². The van der Waals surface area contributed by atoms with Gasteiger partial charge in [-0.3, -0.25) is 0 Å². The van der Waals surface area contributed by atoms with Crippen molar-refractivity contribution >= 4 is 54.3 Å². The molecule has 0 aliphatic rings. The SMILES string of the molecule is c1ccc(-c2ccc(-c3cc4cccc5oc6cccc3c6c45)cc2-c2c3ccccc3c(-c3ccccc3)c3ccccc23)cc1. The van der Waals surface area contributed by atoms with E-state index in [1.54, 1.807) is 0 Å². The lowest BCUT2D eigenvalue weighted by molar-refractivity contribution is 0.669. The molecule has 0 saturated heterocycles. The van der Waals surface area contributed by atoms with Crippen molar-refractivity contribution in [3.63, 3.8) is 0 Å². The minimum atomic E-state index is 0.935. The Morgan fingerprint density at radius 2 is 0.851 bits per heavy atom. The van der Waals surface area contributed by atoms with Crippen LogP contribution in [-0.2, 0) is 0 Å². The van der Waals surface area contributed by atoms with E-state index in [4.69, 9.17) is 4.42 Å². The van der Waals surface area contributed by atoms with Crippen molar-refractivity contribution < 1.29 is 4.42 Å². The summed E-state index contributed by atoms with van der Waals surface area (Å²) in [5, 5.41) is 9.84. The van der Waals surface area contributed by atoms with E-state index >= 15 is 0 Å². The third-order valence-electron chi connectivity index (χ3n) is 9.82. The molecule has 0 unspecified atom stereocenters. The van der Waals surface area contributed by atoms with Crippen LogP contribution in [0.3, 0.4) is 0 Å². The molecule has 218 valence electrons. The van der Waals surface area contributed by atoms with Crippen LogP contribution in [0.5, 0.6) is 0 Å². The van der Waals surface area contributed by atoms with Gasteiger partial charge in [0.15, 0.2) is 0 Å². The van der Waals surface area contributed by atoms with Gasteiger partial charge < -0.3 is 4.42 Å². The van der Waals surface area contributed by atoms with Crippen LogP contribution in [0.25, 0.3) is 98.8 Å². The van der Waals surface area contributed by atoms with Gasteiger partial charge in [-0.25, -0.2) is 0 Å². The molecule has 10 aromatic rings. The van der Waals surface area contributed by atoms with Gasteiger partial charge in [0.2, 0.25) is 0 Å². The Bertz CT molecular complexity index is 2710. The van der Waals surface area contributed by atoms with Crippen LogP contribution in [-0.4, -0.2) is 0 Å². The van der Waals surface area contributed by atoms with Crippen molar-refractivity contribution in [2.75, 3.05) is 0 Å². The molecule has 0 bridgehead atoms. The van der Waals surface area contributed by atoms with Crippen LogP contribution >= 0.6 is 0 Å². The summed E-state index contributed by atoms with van der Waals surface area (Å²) in [5.74, 6) is 0. The van der Waals surface area contributed by atoms with Gasteiger partial charge in [-0.2, -0.15) is 0 Å². The Labute approximate surface area is 272 Å². The topological polar surface area (TPSA) is 13.1 Å². The van der Waals surface area contributed by atoms with Gasteiger partial charge in [0.1, 0.15) is 11.2 Å². The summed E-state index contributed by atoms with van der Waals surface area (Å²) in [6, 6.07) is 61.6. The first kappa shape index (κ1) is 26.1. The summed E-state index contributed by atoms with van der Waals surface area (Å²) in [6.45, 7) is 0. The Morgan fingerprint density at radius 3 is 1.53 bits per heavy atom. The van der Waals surface area contributed by atoms with Crippen molar-refractivity contribution in [2.45, 2.75) is 0 Å². The molecule has 0 N–H and O–H groups in total. The van der Waals surface area contributed by atoms with E-state index in [9.17, 15) is 0 Å². The van der Waals surface area contributed by atoms with Crippen LogP contribution in [0.4, 0.5) is 0 Å². The summed E-state index contributed by atoms with van der Waals surface area (Å²) < 4.78 is 6.32. The highest BCUT2D eigenvalue weighted by molar-refractivity contribution is 6.26. The fourth-order valence-electron chi connectivity index (χ4n) is 7.83. The van der Waals surface area contributed by atoms with Crippen molar-refractivity contribution in [1.29, 1.82) is 0 Å². The summed E-state index contributed by atoms with van der Waals surface area (Å²) in [6.07, 6.45) is 0. The molecular formula is C46H28O. The average Bonchev–Trinajstić information content (AvgIpc) is 3.53. The second-order valence-electron chi connectivity index (χ2n) is 12.4. The molecule has 10 rings (SSSR count). The lowest BCUT2D eigenvalue weighted by atomic mass is 9.82. The molecule has 9 aromatic carbocycles. The molecule has 1 aromatic heterocycles. The zero-order chi connectivity index (χ0) is 30.9. The van der Waals surface area contributed by atoms with Gasteiger partial charge in [0, 0.05) is 10.8 Å². The smallest absolute Gasteiger partial charge is 0.136 e. The zero-order valence-electron chi connectivity index (χ0n) is 25.6. The predicted octanol–water partition coefficient (Wildman–Crippen LogP) is 13.2. The minimum absolute atomic E-state index is 0.935. The second-order valence-corrected chi connectivity index (χ2v) is 12.4. The molecule has 1 heterocycles. The van der Waals surface area contributed by atoms with E-state index < -0.39 is 0 Å². The number of hydrogen-bond donors (Lipinski definition) is 0. The molecule has 0 aliphatic carbocycles. The molecule has 0 atom stereocenters. The van der Waals surface area contributed by atoms with Gasteiger partial charge in [0.05, 0.1) is 0 Å². The molecule has 0 saturated carbocycles. The van der Waals surface area contributed by atoms with Gasteiger partial charge in [-0.05, 0) is 101 Å². The summed E-state index contributed by atoms with van der Waals surface area (Å²) in [7, 11) is 0. The first-order valence-electron chi connectivity index (χ1n) is 16.2. The monoisotopic (exact) mass is 596 g/mol. The largest absolute Gasteiger partial charge is 0.456 e. The second kappa shape index (κ2) is 10.2. The van der Waals surface area contributed by atoms with Gasteiger partial charge in [-0.15, -0.1) is 0 Å². The number of rotatable bonds is 4. The molecular weight excluding hydrogens is 569 g/mol. The lowest BCUT2D eigenvalue weighted by Gasteiger charge is -2.21.